The largest absolute Gasteiger partial charge is 0.338 e. The first kappa shape index (κ1) is 11.0. The molecular formula is C10H17N3OS. The lowest BCUT2D eigenvalue weighted by atomic mass is 9.82. The van der Waals surface area contributed by atoms with E-state index < -0.39 is 0 Å². The lowest BCUT2D eigenvalue weighted by Crippen LogP contribution is -2.39. The highest BCUT2D eigenvalue weighted by Gasteiger charge is 2.34. The van der Waals surface area contributed by atoms with Crippen molar-refractivity contribution in [3.8, 4) is 0 Å². The van der Waals surface area contributed by atoms with Crippen molar-refractivity contribution in [1.82, 2.24) is 10.1 Å². The minimum absolute atomic E-state index is 0.335. The van der Waals surface area contributed by atoms with Gasteiger partial charge >= 0.3 is 0 Å². The summed E-state index contributed by atoms with van der Waals surface area (Å²) >= 11 is 1.68. The van der Waals surface area contributed by atoms with Crippen LogP contribution in [0.2, 0.25) is 0 Å². The first-order chi connectivity index (χ1) is 7.24. The number of rotatable bonds is 3. The van der Waals surface area contributed by atoms with Crippen molar-refractivity contribution in [2.24, 2.45) is 5.73 Å². The lowest BCUT2D eigenvalue weighted by Gasteiger charge is -2.29. The number of nitrogens with zero attached hydrogens (tertiary/aromatic N) is 2. The summed E-state index contributed by atoms with van der Waals surface area (Å²) in [5, 5.41) is 4.01. The van der Waals surface area contributed by atoms with Gasteiger partial charge in [-0.25, -0.2) is 0 Å². The van der Waals surface area contributed by atoms with Gasteiger partial charge in [0, 0.05) is 0 Å². The van der Waals surface area contributed by atoms with Crippen molar-refractivity contribution < 1.29 is 4.52 Å². The summed E-state index contributed by atoms with van der Waals surface area (Å²) in [4.78, 5) is 4.37. The monoisotopic (exact) mass is 227 g/mol. The van der Waals surface area contributed by atoms with Gasteiger partial charge in [0.15, 0.2) is 5.82 Å². The highest BCUT2D eigenvalue weighted by molar-refractivity contribution is 7.97. The van der Waals surface area contributed by atoms with Gasteiger partial charge in [0.1, 0.15) is 0 Å². The van der Waals surface area contributed by atoms with Crippen molar-refractivity contribution in [1.29, 1.82) is 0 Å². The van der Waals surface area contributed by atoms with Crippen molar-refractivity contribution >= 4 is 11.8 Å². The fourth-order valence-corrected chi connectivity index (χ4v) is 2.41. The molecular weight excluding hydrogens is 210 g/mol. The van der Waals surface area contributed by atoms with Crippen LogP contribution in [0.1, 0.15) is 43.8 Å². The van der Waals surface area contributed by atoms with Crippen LogP contribution in [0.15, 0.2) is 4.52 Å². The molecule has 0 radical (unpaired) electrons. The van der Waals surface area contributed by atoms with E-state index in [1.807, 2.05) is 6.26 Å². The van der Waals surface area contributed by atoms with Crippen LogP contribution in [-0.2, 0) is 11.3 Å². The molecule has 0 bridgehead atoms. The van der Waals surface area contributed by atoms with E-state index in [0.717, 1.165) is 18.6 Å². The minimum Gasteiger partial charge on any atom is -0.338 e. The normalized spacial score (nSPS) is 20.4. The zero-order valence-corrected chi connectivity index (χ0v) is 9.85. The number of nitrogens with two attached hydrogens (primary N) is 1. The molecule has 0 amide bonds. The van der Waals surface area contributed by atoms with Crippen LogP contribution in [0.25, 0.3) is 0 Å². The maximum atomic E-state index is 6.30. The SMILES string of the molecule is CSCc1nc(C2(N)CCCCC2)no1. The Hall–Kier alpha value is -0.550. The second-order valence-electron chi connectivity index (χ2n) is 4.16. The summed E-state index contributed by atoms with van der Waals surface area (Å²) < 4.78 is 5.16. The van der Waals surface area contributed by atoms with E-state index >= 15 is 0 Å². The Balaban J connectivity index is 2.12. The maximum Gasteiger partial charge on any atom is 0.236 e. The number of hydrogen-bond acceptors (Lipinski definition) is 5. The zero-order chi connectivity index (χ0) is 10.7. The van der Waals surface area contributed by atoms with Gasteiger partial charge < -0.3 is 10.3 Å². The zero-order valence-electron chi connectivity index (χ0n) is 9.03. The molecule has 5 heteroatoms. The number of hydrogen-bond donors (Lipinski definition) is 1. The quantitative estimate of drug-likeness (QED) is 0.856. The van der Waals surface area contributed by atoms with Gasteiger partial charge in [0.25, 0.3) is 0 Å². The van der Waals surface area contributed by atoms with E-state index in [0.29, 0.717) is 11.7 Å². The van der Waals surface area contributed by atoms with Crippen LogP contribution in [0, 0.1) is 0 Å². The Morgan fingerprint density at radius 2 is 2.13 bits per heavy atom. The molecule has 0 aliphatic heterocycles. The number of thioether (sulfide) groups is 1. The molecule has 1 aromatic rings. The summed E-state index contributed by atoms with van der Waals surface area (Å²) in [6.45, 7) is 0. The smallest absolute Gasteiger partial charge is 0.236 e. The van der Waals surface area contributed by atoms with Gasteiger partial charge in [-0.1, -0.05) is 24.4 Å². The van der Waals surface area contributed by atoms with E-state index in [9.17, 15) is 0 Å². The Morgan fingerprint density at radius 1 is 1.40 bits per heavy atom. The van der Waals surface area contributed by atoms with Crippen LogP contribution in [0.3, 0.4) is 0 Å². The van der Waals surface area contributed by atoms with Crippen molar-refractivity contribution in [3.63, 3.8) is 0 Å². The Labute approximate surface area is 94.0 Å². The molecule has 1 aliphatic carbocycles. The molecule has 15 heavy (non-hydrogen) atoms. The Morgan fingerprint density at radius 3 is 2.80 bits per heavy atom. The van der Waals surface area contributed by atoms with Crippen LogP contribution < -0.4 is 5.73 Å². The van der Waals surface area contributed by atoms with E-state index in [-0.39, 0.29) is 5.54 Å². The molecule has 1 fully saturated rings. The molecule has 2 rings (SSSR count). The second-order valence-corrected chi connectivity index (χ2v) is 5.03. The molecule has 0 aromatic carbocycles. The molecule has 1 aliphatic rings. The van der Waals surface area contributed by atoms with Gasteiger partial charge in [-0.3, -0.25) is 0 Å². The summed E-state index contributed by atoms with van der Waals surface area (Å²) in [7, 11) is 0. The fraction of sp³-hybridized carbons (Fsp3) is 0.800. The van der Waals surface area contributed by atoms with Crippen molar-refractivity contribution in [2.45, 2.75) is 43.4 Å². The van der Waals surface area contributed by atoms with Gasteiger partial charge in [-0.2, -0.15) is 16.7 Å². The van der Waals surface area contributed by atoms with Crippen LogP contribution in [-0.4, -0.2) is 16.4 Å². The summed E-state index contributed by atoms with van der Waals surface area (Å²) in [5.74, 6) is 2.16. The molecule has 0 saturated heterocycles. The van der Waals surface area contributed by atoms with Crippen molar-refractivity contribution in [2.75, 3.05) is 6.26 Å². The second kappa shape index (κ2) is 4.53. The number of aromatic nitrogens is 2. The maximum absolute atomic E-state index is 6.30. The molecule has 1 aromatic heterocycles. The molecule has 84 valence electrons. The molecule has 1 heterocycles. The van der Waals surface area contributed by atoms with Gasteiger partial charge in [-0.15, -0.1) is 0 Å². The standard InChI is InChI=1S/C10H17N3OS/c1-15-7-8-12-9(13-14-8)10(11)5-3-2-4-6-10/h2-7,11H2,1H3. The average molecular weight is 227 g/mol. The molecule has 2 N–H and O–H groups in total. The fourth-order valence-electron chi connectivity index (χ4n) is 2.05. The van der Waals surface area contributed by atoms with E-state index in [2.05, 4.69) is 10.1 Å². The van der Waals surface area contributed by atoms with Crippen LogP contribution in [0.4, 0.5) is 0 Å². The predicted molar refractivity (Wildman–Crippen MR) is 60.5 cm³/mol. The van der Waals surface area contributed by atoms with E-state index in [1.54, 1.807) is 11.8 Å². The first-order valence-corrected chi connectivity index (χ1v) is 6.75. The van der Waals surface area contributed by atoms with Gasteiger partial charge in [0.2, 0.25) is 5.89 Å². The first-order valence-electron chi connectivity index (χ1n) is 5.35. The van der Waals surface area contributed by atoms with Crippen LogP contribution in [0.5, 0.6) is 0 Å². The third kappa shape index (κ3) is 2.34. The molecule has 0 unspecified atom stereocenters. The summed E-state index contributed by atoms with van der Waals surface area (Å²) in [6.07, 6.45) is 7.58. The third-order valence-corrected chi connectivity index (χ3v) is 3.46. The van der Waals surface area contributed by atoms with Gasteiger partial charge in [0.05, 0.1) is 11.3 Å². The molecule has 0 spiro atoms. The molecule has 4 nitrogen and oxygen atoms in total. The minimum atomic E-state index is -0.335. The van der Waals surface area contributed by atoms with E-state index in [4.69, 9.17) is 10.3 Å². The van der Waals surface area contributed by atoms with Gasteiger partial charge in [-0.05, 0) is 19.1 Å². The highest BCUT2D eigenvalue weighted by Crippen LogP contribution is 2.33. The van der Waals surface area contributed by atoms with Crippen LogP contribution >= 0.6 is 11.8 Å². The summed E-state index contributed by atoms with van der Waals surface area (Å²) in [5.41, 5.74) is 5.96. The molecule has 1 saturated carbocycles. The predicted octanol–water partition coefficient (Wildman–Crippen LogP) is 2.05. The molecule has 0 atom stereocenters. The Bertz CT molecular complexity index is 320. The lowest BCUT2D eigenvalue weighted by molar-refractivity contribution is 0.273. The summed E-state index contributed by atoms with van der Waals surface area (Å²) in [6, 6.07) is 0. The van der Waals surface area contributed by atoms with E-state index in [1.165, 1.54) is 19.3 Å². The topological polar surface area (TPSA) is 64.9 Å². The Kier molecular flexibility index (Phi) is 3.31. The average Bonchev–Trinajstić information content (AvgIpc) is 2.69. The highest BCUT2D eigenvalue weighted by atomic mass is 32.2. The van der Waals surface area contributed by atoms with Crippen molar-refractivity contribution in [3.05, 3.63) is 11.7 Å². The third-order valence-electron chi connectivity index (χ3n) is 2.93.